The second-order valence-corrected chi connectivity index (χ2v) is 12.3. The van der Waals surface area contributed by atoms with Gasteiger partial charge in [-0.1, -0.05) is 39.0 Å². The summed E-state index contributed by atoms with van der Waals surface area (Å²) in [4.78, 5) is 14.5. The lowest BCUT2D eigenvalue weighted by atomic mass is 9.90. The van der Waals surface area contributed by atoms with Gasteiger partial charge < -0.3 is 9.64 Å². The minimum Gasteiger partial charge on any atom is -0.457 e. The number of azo groups is 1. The lowest BCUT2D eigenvalue weighted by Gasteiger charge is -2.44. The maximum absolute atomic E-state index is 13.0. The number of fused-ring (bicyclic) bond motifs is 1. The van der Waals surface area contributed by atoms with Gasteiger partial charge in [0.15, 0.2) is 5.75 Å². The molecule has 0 bridgehead atoms. The number of anilines is 2. The second-order valence-electron chi connectivity index (χ2n) is 9.67. The van der Waals surface area contributed by atoms with E-state index in [-0.39, 0.29) is 39.7 Å². The zero-order chi connectivity index (χ0) is 29.7. The molecule has 0 saturated heterocycles. The molecule has 10 nitrogen and oxygen atoms in total. The van der Waals surface area contributed by atoms with Crippen molar-refractivity contribution in [1.82, 2.24) is 10.2 Å². The van der Waals surface area contributed by atoms with E-state index in [4.69, 9.17) is 4.74 Å². The van der Waals surface area contributed by atoms with Crippen LogP contribution < -0.4 is 9.62 Å². The number of ether oxygens (including phenoxy) is 1. The maximum Gasteiger partial charge on any atom is 0.404 e. The molecule has 2 aromatic rings. The third-order valence-electron chi connectivity index (χ3n) is 6.76. The summed E-state index contributed by atoms with van der Waals surface area (Å²) in [6.45, 7) is 9.82. The highest BCUT2D eigenvalue weighted by Crippen LogP contribution is 2.42. The minimum absolute atomic E-state index is 0.00243. The molecule has 1 aromatic carbocycles. The predicted octanol–water partition coefficient (Wildman–Crippen LogP) is 6.93. The molecule has 0 saturated carbocycles. The Kier molecular flexibility index (Phi) is 10.5. The molecule has 3 rings (SSSR count). The Balaban J connectivity index is 2.04. The number of alkyl halides is 3. The highest BCUT2D eigenvalue weighted by Gasteiger charge is 2.36. The first-order chi connectivity index (χ1) is 18.8. The molecule has 1 aromatic heterocycles. The zero-order valence-corrected chi connectivity index (χ0v) is 24.8. The molecule has 1 aliphatic rings. The van der Waals surface area contributed by atoms with Crippen molar-refractivity contribution in [3.63, 3.8) is 0 Å². The number of carbonyl (C=O) groups is 1. The number of benzene rings is 1. The molecule has 222 valence electrons. The molecule has 0 spiro atoms. The predicted molar refractivity (Wildman–Crippen MR) is 148 cm³/mol. The highest BCUT2D eigenvalue weighted by molar-refractivity contribution is 7.92. The first-order valence-electron chi connectivity index (χ1n) is 13.3. The first kappa shape index (κ1) is 31.7. The molecular weight excluding hydrogens is 569 g/mol. The van der Waals surface area contributed by atoms with Crippen molar-refractivity contribution in [3.05, 3.63) is 22.7 Å². The van der Waals surface area contributed by atoms with Crippen LogP contribution in [0.4, 0.5) is 35.4 Å². The van der Waals surface area contributed by atoms with Crippen molar-refractivity contribution in [2.24, 2.45) is 10.2 Å². The van der Waals surface area contributed by atoms with Gasteiger partial charge in [-0.3, -0.25) is 4.72 Å². The number of halogens is 3. The topological polar surface area (TPSA) is 126 Å². The first-order valence-corrected chi connectivity index (χ1v) is 15.8. The molecule has 0 radical (unpaired) electrons. The molecule has 2 heterocycles. The van der Waals surface area contributed by atoms with Crippen LogP contribution in [0.5, 0.6) is 0 Å². The van der Waals surface area contributed by atoms with E-state index in [9.17, 15) is 26.4 Å². The van der Waals surface area contributed by atoms with Gasteiger partial charge in [-0.2, -0.15) is 13.2 Å². The number of sulfonamides is 1. The third kappa shape index (κ3) is 8.12. The van der Waals surface area contributed by atoms with Gasteiger partial charge in [0.2, 0.25) is 15.0 Å². The second kappa shape index (κ2) is 13.2. The van der Waals surface area contributed by atoms with Crippen molar-refractivity contribution < 1.29 is 31.1 Å². The summed E-state index contributed by atoms with van der Waals surface area (Å²) in [5.41, 5.74) is 1.56. The fourth-order valence-corrected chi connectivity index (χ4v) is 6.18. The number of hydrogen-bond acceptors (Lipinski definition) is 10. The molecule has 15 heteroatoms. The van der Waals surface area contributed by atoms with Crippen LogP contribution >= 0.6 is 11.3 Å². The summed E-state index contributed by atoms with van der Waals surface area (Å²) in [5, 5.41) is 15.7. The van der Waals surface area contributed by atoms with Crippen molar-refractivity contribution in [2.45, 2.75) is 97.5 Å². The maximum atomic E-state index is 13.0. The Hall–Kier alpha value is -2.81. The van der Waals surface area contributed by atoms with E-state index >= 15 is 0 Å². The smallest absolute Gasteiger partial charge is 0.404 e. The number of nitrogens with one attached hydrogen (secondary N) is 1. The summed E-state index contributed by atoms with van der Waals surface area (Å²) < 4.78 is 71.2. The molecule has 0 aliphatic carbocycles. The molecular formula is C25H35F3N6O4S2. The average molecular weight is 605 g/mol. The fraction of sp³-hybridized carbons (Fsp3) is 0.640. The van der Waals surface area contributed by atoms with Crippen LogP contribution in [0.15, 0.2) is 22.4 Å². The van der Waals surface area contributed by atoms with Gasteiger partial charge in [0, 0.05) is 17.8 Å². The number of esters is 1. The molecule has 2 atom stereocenters. The SMILES string of the molecule is CCC(C)OC(=O)c1nnc(N=Nc2cc3c(cc2NS(=O)(=O)CC(F)(F)F)N(C(CC)CC)C(CC)CC3)s1. The van der Waals surface area contributed by atoms with E-state index in [1.165, 1.54) is 0 Å². The lowest BCUT2D eigenvalue weighted by molar-refractivity contribution is -0.106. The van der Waals surface area contributed by atoms with E-state index in [1.54, 1.807) is 19.1 Å². The van der Waals surface area contributed by atoms with Gasteiger partial charge in [0.1, 0.15) is 5.69 Å². The standard InChI is InChI=1S/C25H35F3N6O4S2/c1-6-15(5)38-23(35)22-30-32-24(39-22)31-29-19-12-16-10-11-18(9-4)34(17(7-2)8-3)21(16)13-20(19)33-40(36,37)14-25(26,27)28/h12-13,15,17-18,33H,6-11,14H2,1-5H3. The number of hydrogen-bond donors (Lipinski definition) is 1. The van der Waals surface area contributed by atoms with Gasteiger partial charge in [-0.05, 0) is 63.1 Å². The van der Waals surface area contributed by atoms with E-state index in [1.807, 2.05) is 6.92 Å². The van der Waals surface area contributed by atoms with Gasteiger partial charge in [0.25, 0.3) is 5.13 Å². The number of carbonyl (C=O) groups excluding carboxylic acids is 1. The Morgan fingerprint density at radius 3 is 2.48 bits per heavy atom. The summed E-state index contributed by atoms with van der Waals surface area (Å²) in [7, 11) is -4.80. The van der Waals surface area contributed by atoms with Crippen LogP contribution in [0, 0.1) is 0 Å². The fourth-order valence-electron chi connectivity index (χ4n) is 4.63. The van der Waals surface area contributed by atoms with Crippen molar-refractivity contribution in [2.75, 3.05) is 15.4 Å². The molecule has 1 N–H and O–H groups in total. The van der Waals surface area contributed by atoms with E-state index in [0.29, 0.717) is 12.8 Å². The van der Waals surface area contributed by atoms with Crippen molar-refractivity contribution in [1.29, 1.82) is 0 Å². The average Bonchev–Trinajstić information content (AvgIpc) is 3.35. The van der Waals surface area contributed by atoms with Crippen molar-refractivity contribution in [3.8, 4) is 0 Å². The van der Waals surface area contributed by atoms with Gasteiger partial charge in [-0.25, -0.2) is 13.2 Å². The van der Waals surface area contributed by atoms with Gasteiger partial charge >= 0.3 is 12.1 Å². The van der Waals surface area contributed by atoms with Crippen LogP contribution in [0.3, 0.4) is 0 Å². The monoisotopic (exact) mass is 604 g/mol. The minimum atomic E-state index is -4.93. The summed E-state index contributed by atoms with van der Waals surface area (Å²) in [6.07, 6.45) is -0.494. The number of aromatic nitrogens is 2. The number of aryl methyl sites for hydroxylation is 1. The van der Waals surface area contributed by atoms with E-state index < -0.39 is 27.9 Å². The molecule has 1 aliphatic heterocycles. The molecule has 40 heavy (non-hydrogen) atoms. The quantitative estimate of drug-likeness (QED) is 0.206. The van der Waals surface area contributed by atoms with Gasteiger partial charge in [-0.15, -0.1) is 20.4 Å². The Labute approximate surface area is 236 Å². The van der Waals surface area contributed by atoms with Crippen molar-refractivity contribution >= 4 is 49.5 Å². The zero-order valence-electron chi connectivity index (χ0n) is 23.2. The van der Waals surface area contributed by atoms with Crippen LogP contribution in [-0.4, -0.2) is 54.7 Å². The summed E-state index contributed by atoms with van der Waals surface area (Å²) >= 11 is 0.829. The highest BCUT2D eigenvalue weighted by atomic mass is 32.2. The molecule has 0 amide bonds. The normalized spacial score (nSPS) is 16.8. The molecule has 0 fully saturated rings. The Morgan fingerprint density at radius 2 is 1.88 bits per heavy atom. The number of nitrogens with zero attached hydrogens (tertiary/aromatic N) is 5. The molecule has 2 unspecified atom stereocenters. The Morgan fingerprint density at radius 1 is 1.18 bits per heavy atom. The summed E-state index contributed by atoms with van der Waals surface area (Å²) in [5.74, 6) is -2.70. The van der Waals surface area contributed by atoms with Crippen LogP contribution in [0.25, 0.3) is 0 Å². The van der Waals surface area contributed by atoms with Crippen LogP contribution in [0.2, 0.25) is 0 Å². The largest absolute Gasteiger partial charge is 0.457 e. The van der Waals surface area contributed by atoms with Crippen LogP contribution in [-0.2, 0) is 21.2 Å². The van der Waals surface area contributed by atoms with E-state index in [2.05, 4.69) is 50.8 Å². The summed E-state index contributed by atoms with van der Waals surface area (Å²) in [6, 6.07) is 3.57. The Bertz CT molecular complexity index is 1310. The number of rotatable bonds is 12. The lowest BCUT2D eigenvalue weighted by Crippen LogP contribution is -2.45. The van der Waals surface area contributed by atoms with Gasteiger partial charge in [0.05, 0.1) is 11.8 Å². The van der Waals surface area contributed by atoms with E-state index in [0.717, 1.165) is 48.3 Å². The third-order valence-corrected chi connectivity index (χ3v) is 8.78. The van der Waals surface area contributed by atoms with Crippen LogP contribution in [0.1, 0.15) is 82.1 Å².